The molecule has 2 N–H and O–H groups in total. The van der Waals surface area contributed by atoms with E-state index in [9.17, 15) is 10.1 Å². The maximum absolute atomic E-state index is 10.8. The van der Waals surface area contributed by atoms with E-state index >= 15 is 0 Å². The van der Waals surface area contributed by atoms with Crippen LogP contribution in [0.25, 0.3) is 0 Å². The minimum atomic E-state index is -0.452. The van der Waals surface area contributed by atoms with Gasteiger partial charge in [-0.05, 0) is 4.92 Å². The lowest BCUT2D eigenvalue weighted by molar-refractivity contribution is -0.392. The summed E-state index contributed by atoms with van der Waals surface area (Å²) < 4.78 is 3.13. The maximum atomic E-state index is 10.8. The Kier molecular flexibility index (Phi) is 3.33. The summed E-state index contributed by atoms with van der Waals surface area (Å²) in [6, 6.07) is 0. The van der Waals surface area contributed by atoms with Gasteiger partial charge in [0.05, 0.1) is 12.2 Å². The van der Waals surface area contributed by atoms with E-state index in [4.69, 9.17) is 5.73 Å². The zero-order valence-electron chi connectivity index (χ0n) is 9.85. The van der Waals surface area contributed by atoms with Crippen molar-refractivity contribution in [2.75, 3.05) is 0 Å². The molecule has 0 aliphatic rings. The van der Waals surface area contributed by atoms with Crippen molar-refractivity contribution in [3.05, 3.63) is 34.0 Å². The number of rotatable bonds is 5. The van der Waals surface area contributed by atoms with E-state index in [0.717, 1.165) is 0 Å². The van der Waals surface area contributed by atoms with Gasteiger partial charge in [-0.3, -0.25) is 0 Å². The summed E-state index contributed by atoms with van der Waals surface area (Å²) in [7, 11) is 0. The summed E-state index contributed by atoms with van der Waals surface area (Å²) in [5.74, 6) is 0.576. The highest BCUT2D eigenvalue weighted by Gasteiger charge is 2.17. The van der Waals surface area contributed by atoms with Crippen molar-refractivity contribution >= 4 is 5.82 Å². The van der Waals surface area contributed by atoms with E-state index in [1.807, 2.05) is 0 Å². The number of nitrogens with zero attached hydrogens (tertiary/aromatic N) is 6. The Labute approximate surface area is 102 Å². The van der Waals surface area contributed by atoms with Gasteiger partial charge < -0.3 is 15.8 Å². The molecule has 0 aliphatic carbocycles. The highest BCUT2D eigenvalue weighted by atomic mass is 16.6. The number of aromatic nitrogens is 5. The van der Waals surface area contributed by atoms with Crippen molar-refractivity contribution < 1.29 is 4.92 Å². The SMILES string of the molecule is Cc1ncc([N+](=O)[O-])n1CCn1cc(CN)nn1. The lowest BCUT2D eigenvalue weighted by Crippen LogP contribution is -2.11. The predicted molar refractivity (Wildman–Crippen MR) is 61.5 cm³/mol. The quantitative estimate of drug-likeness (QED) is 0.583. The van der Waals surface area contributed by atoms with Crippen LogP contribution >= 0.6 is 0 Å². The molecule has 18 heavy (non-hydrogen) atoms. The largest absolute Gasteiger partial charge is 0.358 e. The Bertz CT molecular complexity index is 559. The zero-order chi connectivity index (χ0) is 13.1. The summed E-state index contributed by atoms with van der Waals surface area (Å²) >= 11 is 0. The lowest BCUT2D eigenvalue weighted by atomic mass is 10.5. The van der Waals surface area contributed by atoms with Crippen LogP contribution in [0.2, 0.25) is 0 Å². The number of hydrogen-bond donors (Lipinski definition) is 1. The normalized spacial score (nSPS) is 10.8. The second-order valence-electron chi connectivity index (χ2n) is 3.75. The molecule has 0 radical (unpaired) electrons. The van der Waals surface area contributed by atoms with Crippen LogP contribution in [0.1, 0.15) is 11.5 Å². The minimum absolute atomic E-state index is 0.0216. The molecule has 0 amide bonds. The first-order chi connectivity index (χ1) is 8.61. The zero-order valence-corrected chi connectivity index (χ0v) is 9.85. The van der Waals surface area contributed by atoms with Crippen LogP contribution in [-0.2, 0) is 19.6 Å². The van der Waals surface area contributed by atoms with Crippen LogP contribution in [0.5, 0.6) is 0 Å². The van der Waals surface area contributed by atoms with Gasteiger partial charge in [0.15, 0.2) is 5.82 Å². The highest BCUT2D eigenvalue weighted by Crippen LogP contribution is 2.13. The van der Waals surface area contributed by atoms with Crippen LogP contribution in [0.3, 0.4) is 0 Å². The van der Waals surface area contributed by atoms with E-state index in [1.165, 1.54) is 10.8 Å². The first-order valence-corrected chi connectivity index (χ1v) is 5.37. The second kappa shape index (κ2) is 4.92. The van der Waals surface area contributed by atoms with Gasteiger partial charge in [0.1, 0.15) is 12.7 Å². The van der Waals surface area contributed by atoms with Crippen LogP contribution in [0.4, 0.5) is 5.82 Å². The van der Waals surface area contributed by atoms with Gasteiger partial charge >= 0.3 is 5.82 Å². The molecule has 9 nitrogen and oxygen atoms in total. The molecule has 0 spiro atoms. The number of imidazole rings is 1. The van der Waals surface area contributed by atoms with Crippen LogP contribution in [-0.4, -0.2) is 29.5 Å². The van der Waals surface area contributed by atoms with Crippen molar-refractivity contribution in [1.82, 2.24) is 24.5 Å². The van der Waals surface area contributed by atoms with Gasteiger partial charge in [0.25, 0.3) is 0 Å². The topological polar surface area (TPSA) is 118 Å². The van der Waals surface area contributed by atoms with Crippen molar-refractivity contribution in [2.45, 2.75) is 26.6 Å². The fourth-order valence-corrected chi connectivity index (χ4v) is 1.62. The molecular weight excluding hydrogens is 238 g/mol. The Morgan fingerprint density at radius 1 is 1.50 bits per heavy atom. The summed E-state index contributed by atoms with van der Waals surface area (Å²) in [5, 5.41) is 18.5. The van der Waals surface area contributed by atoms with Gasteiger partial charge in [-0.25, -0.2) is 14.2 Å². The Morgan fingerprint density at radius 3 is 2.89 bits per heavy atom. The van der Waals surface area contributed by atoms with E-state index in [2.05, 4.69) is 15.3 Å². The molecule has 0 saturated heterocycles. The Hall–Kier alpha value is -2.29. The molecule has 2 aromatic heterocycles. The summed E-state index contributed by atoms with van der Waals surface area (Å²) in [6.07, 6.45) is 2.97. The molecule has 0 atom stereocenters. The maximum Gasteiger partial charge on any atom is 0.342 e. The first-order valence-electron chi connectivity index (χ1n) is 5.37. The third-order valence-corrected chi connectivity index (χ3v) is 2.57. The van der Waals surface area contributed by atoms with Gasteiger partial charge in [-0.2, -0.15) is 0 Å². The molecular formula is C9H13N7O2. The number of nitro groups is 1. The second-order valence-corrected chi connectivity index (χ2v) is 3.75. The fourth-order valence-electron chi connectivity index (χ4n) is 1.62. The van der Waals surface area contributed by atoms with Crippen LogP contribution < -0.4 is 5.73 Å². The molecule has 0 saturated carbocycles. The molecule has 2 rings (SSSR count). The van der Waals surface area contributed by atoms with E-state index < -0.39 is 4.92 Å². The molecule has 0 fully saturated rings. The molecule has 9 heteroatoms. The van der Waals surface area contributed by atoms with Crippen molar-refractivity contribution in [1.29, 1.82) is 0 Å². The van der Waals surface area contributed by atoms with Gasteiger partial charge in [0.2, 0.25) is 0 Å². The summed E-state index contributed by atoms with van der Waals surface area (Å²) in [5.41, 5.74) is 6.11. The van der Waals surface area contributed by atoms with Crippen molar-refractivity contribution in [3.63, 3.8) is 0 Å². The van der Waals surface area contributed by atoms with Crippen LogP contribution in [0, 0.1) is 17.0 Å². The number of aryl methyl sites for hydroxylation is 2. The predicted octanol–water partition coefficient (Wildman–Crippen LogP) is -0.150. The van der Waals surface area contributed by atoms with Crippen molar-refractivity contribution in [2.24, 2.45) is 5.73 Å². The third-order valence-electron chi connectivity index (χ3n) is 2.57. The highest BCUT2D eigenvalue weighted by molar-refractivity contribution is 5.18. The molecule has 2 aromatic rings. The van der Waals surface area contributed by atoms with E-state index in [1.54, 1.807) is 17.8 Å². The van der Waals surface area contributed by atoms with Gasteiger partial charge in [-0.15, -0.1) is 5.10 Å². The van der Waals surface area contributed by atoms with Crippen molar-refractivity contribution in [3.8, 4) is 0 Å². The lowest BCUT2D eigenvalue weighted by Gasteiger charge is -2.02. The third kappa shape index (κ3) is 2.35. The van der Waals surface area contributed by atoms with E-state index in [-0.39, 0.29) is 5.82 Å². The summed E-state index contributed by atoms with van der Waals surface area (Å²) in [6.45, 7) is 2.93. The molecule has 0 aliphatic heterocycles. The molecule has 0 bridgehead atoms. The average Bonchev–Trinajstić information content (AvgIpc) is 2.93. The van der Waals surface area contributed by atoms with Gasteiger partial charge in [-0.1, -0.05) is 5.21 Å². The number of nitrogens with two attached hydrogens (primary N) is 1. The smallest absolute Gasteiger partial charge is 0.342 e. The average molecular weight is 251 g/mol. The van der Waals surface area contributed by atoms with Crippen LogP contribution in [0.15, 0.2) is 12.4 Å². The van der Waals surface area contributed by atoms with Gasteiger partial charge in [0, 0.05) is 19.7 Å². The molecule has 0 aromatic carbocycles. The minimum Gasteiger partial charge on any atom is -0.358 e. The van der Waals surface area contributed by atoms with E-state index in [0.29, 0.717) is 31.2 Å². The monoisotopic (exact) mass is 251 g/mol. The molecule has 96 valence electrons. The standard InChI is InChI=1S/C9H13N7O2/c1-7-11-5-9(16(17)18)15(7)3-2-14-6-8(4-10)12-13-14/h5-6H,2-4,10H2,1H3. The molecule has 0 unspecified atom stereocenters. The number of hydrogen-bond acceptors (Lipinski definition) is 6. The molecule has 2 heterocycles. The first kappa shape index (κ1) is 12.2. The Morgan fingerprint density at radius 2 is 2.28 bits per heavy atom. The summed E-state index contributed by atoms with van der Waals surface area (Å²) in [4.78, 5) is 14.3. The Balaban J connectivity index is 2.10. The fraction of sp³-hybridized carbons (Fsp3) is 0.444.